The number of hydrogen-bond acceptors (Lipinski definition) is 5. The number of hydrogen-bond donors (Lipinski definition) is 1. The van der Waals surface area contributed by atoms with E-state index < -0.39 is 0 Å². The Morgan fingerprint density at radius 1 is 1.56 bits per heavy atom. The zero-order valence-electron chi connectivity index (χ0n) is 10.5. The van der Waals surface area contributed by atoms with E-state index in [1.807, 2.05) is 24.1 Å². The molecule has 1 atom stereocenters. The zero-order chi connectivity index (χ0) is 12.5. The third kappa shape index (κ3) is 1.91. The summed E-state index contributed by atoms with van der Waals surface area (Å²) in [5, 5.41) is 16.1. The van der Waals surface area contributed by atoms with Crippen molar-refractivity contribution in [1.82, 2.24) is 30.1 Å². The van der Waals surface area contributed by atoms with E-state index in [4.69, 9.17) is 4.74 Å². The van der Waals surface area contributed by atoms with Crippen LogP contribution in [0.5, 0.6) is 0 Å². The number of nitrogens with zero attached hydrogens (tertiary/aromatic N) is 5. The molecule has 96 valence electrons. The van der Waals surface area contributed by atoms with Crippen LogP contribution in [-0.4, -0.2) is 44.5 Å². The summed E-state index contributed by atoms with van der Waals surface area (Å²) in [5.41, 5.74) is 3.02. The molecule has 0 aliphatic carbocycles. The van der Waals surface area contributed by atoms with E-state index >= 15 is 0 Å². The lowest BCUT2D eigenvalue weighted by molar-refractivity contribution is 0.148. The van der Waals surface area contributed by atoms with Gasteiger partial charge in [0.1, 0.15) is 5.69 Å². The summed E-state index contributed by atoms with van der Waals surface area (Å²) in [7, 11) is 3.60. The van der Waals surface area contributed by atoms with Gasteiger partial charge in [-0.15, -0.1) is 5.10 Å². The van der Waals surface area contributed by atoms with Crippen molar-refractivity contribution >= 4 is 0 Å². The van der Waals surface area contributed by atoms with Crippen LogP contribution in [0.25, 0.3) is 11.3 Å². The molecule has 0 aromatic carbocycles. The van der Waals surface area contributed by atoms with Crippen LogP contribution in [0.15, 0.2) is 12.4 Å². The van der Waals surface area contributed by atoms with Crippen molar-refractivity contribution in [2.75, 3.05) is 13.7 Å². The molecule has 3 rings (SSSR count). The average molecular weight is 248 g/mol. The number of aromatic nitrogens is 5. The maximum atomic E-state index is 5.15. The topological polar surface area (TPSA) is 69.8 Å². The highest BCUT2D eigenvalue weighted by atomic mass is 16.5. The molecule has 2 aromatic heterocycles. The Bertz CT molecular complexity index is 545. The fourth-order valence-electron chi connectivity index (χ4n) is 2.25. The Kier molecular flexibility index (Phi) is 2.85. The third-order valence-electron chi connectivity index (χ3n) is 3.14. The monoisotopic (exact) mass is 248 g/mol. The minimum absolute atomic E-state index is 0.297. The lowest BCUT2D eigenvalue weighted by Gasteiger charge is -2.24. The van der Waals surface area contributed by atoms with Crippen molar-refractivity contribution in [3.63, 3.8) is 0 Å². The fourth-order valence-corrected chi connectivity index (χ4v) is 2.25. The Labute approximate surface area is 105 Å². The van der Waals surface area contributed by atoms with Crippen LogP contribution in [0.1, 0.15) is 5.69 Å². The van der Waals surface area contributed by atoms with E-state index in [0.717, 1.165) is 30.0 Å². The molecule has 3 heterocycles. The van der Waals surface area contributed by atoms with E-state index in [2.05, 4.69) is 20.7 Å². The van der Waals surface area contributed by atoms with Crippen molar-refractivity contribution in [2.24, 2.45) is 7.05 Å². The molecule has 0 fully saturated rings. The number of methoxy groups -OCH3 is 1. The Balaban J connectivity index is 1.88. The second kappa shape index (κ2) is 4.51. The first-order valence-electron chi connectivity index (χ1n) is 5.91. The summed E-state index contributed by atoms with van der Waals surface area (Å²) < 4.78 is 8.87. The van der Waals surface area contributed by atoms with Crippen molar-refractivity contribution < 1.29 is 4.74 Å². The van der Waals surface area contributed by atoms with Gasteiger partial charge < -0.3 is 10.1 Å². The van der Waals surface area contributed by atoms with Gasteiger partial charge in [0.2, 0.25) is 0 Å². The van der Waals surface area contributed by atoms with Gasteiger partial charge in [-0.25, -0.2) is 4.68 Å². The van der Waals surface area contributed by atoms with E-state index in [9.17, 15) is 0 Å². The van der Waals surface area contributed by atoms with Gasteiger partial charge >= 0.3 is 0 Å². The number of nitrogens with one attached hydrogen (secondary N) is 1. The summed E-state index contributed by atoms with van der Waals surface area (Å²) in [6.07, 6.45) is 3.76. The largest absolute Gasteiger partial charge is 0.383 e. The smallest absolute Gasteiger partial charge is 0.120 e. The predicted octanol–water partition coefficient (Wildman–Crippen LogP) is -0.203. The summed E-state index contributed by atoms with van der Waals surface area (Å²) in [6, 6.07) is 0.297. The third-order valence-corrected chi connectivity index (χ3v) is 3.14. The SMILES string of the molecule is COC[C@H]1Cn2nnc(-c3cnn(C)c3)c2CN1. The number of ether oxygens (including phenoxy) is 1. The molecule has 18 heavy (non-hydrogen) atoms. The number of aryl methyl sites for hydroxylation is 1. The Morgan fingerprint density at radius 2 is 2.44 bits per heavy atom. The van der Waals surface area contributed by atoms with E-state index in [-0.39, 0.29) is 0 Å². The van der Waals surface area contributed by atoms with Crippen molar-refractivity contribution in [3.05, 3.63) is 18.1 Å². The first-order chi connectivity index (χ1) is 8.78. The predicted molar refractivity (Wildman–Crippen MR) is 64.7 cm³/mol. The molecule has 0 amide bonds. The standard InChI is InChI=1S/C11H16N6O/c1-16-5-8(3-13-16)11-10-4-12-9(7-18-2)6-17(10)15-14-11/h3,5,9,12H,4,6-7H2,1-2H3/t9-/m1/s1. The molecule has 1 aliphatic rings. The first kappa shape index (κ1) is 11.4. The molecule has 0 saturated heterocycles. The average Bonchev–Trinajstić information content (AvgIpc) is 2.95. The zero-order valence-corrected chi connectivity index (χ0v) is 10.5. The lowest BCUT2D eigenvalue weighted by atomic mass is 10.1. The van der Waals surface area contributed by atoms with Crippen LogP contribution < -0.4 is 5.32 Å². The van der Waals surface area contributed by atoms with E-state index in [0.29, 0.717) is 12.6 Å². The minimum Gasteiger partial charge on any atom is -0.383 e. The molecule has 0 bridgehead atoms. The second-order valence-electron chi connectivity index (χ2n) is 4.50. The van der Waals surface area contributed by atoms with Crippen LogP contribution >= 0.6 is 0 Å². The second-order valence-corrected chi connectivity index (χ2v) is 4.50. The minimum atomic E-state index is 0.297. The Morgan fingerprint density at radius 3 is 3.17 bits per heavy atom. The summed E-state index contributed by atoms with van der Waals surface area (Å²) in [5.74, 6) is 0. The molecule has 0 radical (unpaired) electrons. The van der Waals surface area contributed by atoms with Crippen LogP contribution in [0, 0.1) is 0 Å². The van der Waals surface area contributed by atoms with Gasteiger partial charge in [0.25, 0.3) is 0 Å². The van der Waals surface area contributed by atoms with Crippen LogP contribution in [0.2, 0.25) is 0 Å². The summed E-state index contributed by atoms with van der Waals surface area (Å²) >= 11 is 0. The molecule has 0 saturated carbocycles. The van der Waals surface area contributed by atoms with Gasteiger partial charge in [-0.05, 0) is 0 Å². The fraction of sp³-hybridized carbons (Fsp3) is 0.545. The van der Waals surface area contributed by atoms with Gasteiger partial charge in [0, 0.05) is 32.5 Å². The van der Waals surface area contributed by atoms with Gasteiger partial charge in [-0.1, -0.05) is 5.21 Å². The Hall–Kier alpha value is -1.73. The molecule has 7 heteroatoms. The van der Waals surface area contributed by atoms with Crippen LogP contribution in [0.4, 0.5) is 0 Å². The van der Waals surface area contributed by atoms with Crippen molar-refractivity contribution in [3.8, 4) is 11.3 Å². The van der Waals surface area contributed by atoms with Crippen molar-refractivity contribution in [1.29, 1.82) is 0 Å². The number of rotatable bonds is 3. The van der Waals surface area contributed by atoms with E-state index in [1.165, 1.54) is 0 Å². The highest BCUT2D eigenvalue weighted by molar-refractivity contribution is 5.59. The molecule has 1 aliphatic heterocycles. The van der Waals surface area contributed by atoms with Gasteiger partial charge in [-0.2, -0.15) is 5.10 Å². The normalized spacial score (nSPS) is 18.9. The van der Waals surface area contributed by atoms with Gasteiger partial charge in [0.05, 0.1) is 31.1 Å². The maximum Gasteiger partial charge on any atom is 0.120 e. The molecular weight excluding hydrogens is 232 g/mol. The first-order valence-corrected chi connectivity index (χ1v) is 5.91. The number of fused-ring (bicyclic) bond motifs is 1. The summed E-state index contributed by atoms with van der Waals surface area (Å²) in [6.45, 7) is 2.23. The molecule has 0 unspecified atom stereocenters. The van der Waals surface area contributed by atoms with Crippen LogP contribution in [0.3, 0.4) is 0 Å². The van der Waals surface area contributed by atoms with Crippen molar-refractivity contribution in [2.45, 2.75) is 19.1 Å². The molecule has 0 spiro atoms. The maximum absolute atomic E-state index is 5.15. The van der Waals surface area contributed by atoms with Gasteiger partial charge in [0.15, 0.2) is 0 Å². The summed E-state index contributed by atoms with van der Waals surface area (Å²) in [4.78, 5) is 0. The van der Waals surface area contributed by atoms with Gasteiger partial charge in [-0.3, -0.25) is 4.68 Å². The van der Waals surface area contributed by atoms with Crippen LogP contribution in [-0.2, 0) is 24.9 Å². The highest BCUT2D eigenvalue weighted by Gasteiger charge is 2.23. The lowest BCUT2D eigenvalue weighted by Crippen LogP contribution is -2.42. The molecule has 2 aromatic rings. The molecule has 7 nitrogen and oxygen atoms in total. The quantitative estimate of drug-likeness (QED) is 0.814. The van der Waals surface area contributed by atoms with E-state index in [1.54, 1.807) is 11.8 Å². The highest BCUT2D eigenvalue weighted by Crippen LogP contribution is 2.22. The molecule has 1 N–H and O–H groups in total. The molecular formula is C11H16N6O.